The zero-order valence-electron chi connectivity index (χ0n) is 10.3. The monoisotopic (exact) mass is 364 g/mol. The number of amides is 1. The number of piperazine rings is 1. The average Bonchev–Trinajstić information content (AvgIpc) is 2.71. The molecule has 2 unspecified atom stereocenters. The van der Waals surface area contributed by atoms with Gasteiger partial charge in [-0.2, -0.15) is 0 Å². The molecule has 0 aliphatic carbocycles. The zero-order chi connectivity index (χ0) is 12.6. The number of nitrogens with zero attached hydrogens (tertiary/aromatic N) is 2. The van der Waals surface area contributed by atoms with Gasteiger partial charge in [-0.3, -0.25) is 9.69 Å². The number of hydrogen-bond donors (Lipinski definition) is 0. The van der Waals surface area contributed by atoms with Crippen LogP contribution in [0, 0.1) is 2.88 Å². The highest BCUT2D eigenvalue weighted by atomic mass is 127. The molecule has 1 aliphatic heterocycles. The lowest BCUT2D eigenvalue weighted by Gasteiger charge is -2.42. The topological polar surface area (TPSA) is 23.6 Å². The van der Waals surface area contributed by atoms with E-state index in [0.29, 0.717) is 12.1 Å². The van der Waals surface area contributed by atoms with Crippen LogP contribution in [0.4, 0.5) is 0 Å². The molecule has 0 aromatic carbocycles. The Kier molecular flexibility index (Phi) is 4.10. The van der Waals surface area contributed by atoms with Crippen molar-refractivity contribution >= 4 is 39.8 Å². The molecule has 1 fully saturated rings. The van der Waals surface area contributed by atoms with Crippen molar-refractivity contribution in [2.75, 3.05) is 20.1 Å². The molecule has 0 saturated carbocycles. The lowest BCUT2D eigenvalue weighted by molar-refractivity contribution is 0.0414. The van der Waals surface area contributed by atoms with Crippen LogP contribution in [0.15, 0.2) is 11.4 Å². The molecule has 1 aliphatic rings. The van der Waals surface area contributed by atoms with E-state index in [1.54, 1.807) is 11.3 Å². The quantitative estimate of drug-likeness (QED) is 0.715. The molecule has 1 saturated heterocycles. The molecule has 2 rings (SSSR count). The van der Waals surface area contributed by atoms with Crippen molar-refractivity contribution in [2.45, 2.75) is 25.9 Å². The van der Waals surface area contributed by atoms with Crippen molar-refractivity contribution in [1.29, 1.82) is 0 Å². The Morgan fingerprint density at radius 2 is 2.00 bits per heavy atom. The summed E-state index contributed by atoms with van der Waals surface area (Å²) in [5, 5.41) is 1.96. The van der Waals surface area contributed by atoms with Crippen LogP contribution < -0.4 is 0 Å². The summed E-state index contributed by atoms with van der Waals surface area (Å²) in [5.41, 5.74) is 0.836. The SMILES string of the molecule is CC1CN(C(=O)c2csc(I)c2)CC(C)N1C. The van der Waals surface area contributed by atoms with Crippen LogP contribution in [0.5, 0.6) is 0 Å². The third kappa shape index (κ3) is 2.82. The number of carbonyl (C=O) groups is 1. The Morgan fingerprint density at radius 3 is 2.47 bits per heavy atom. The number of rotatable bonds is 1. The number of halogens is 1. The molecule has 1 amide bonds. The van der Waals surface area contributed by atoms with E-state index in [0.717, 1.165) is 18.7 Å². The Hall–Kier alpha value is -0.140. The zero-order valence-corrected chi connectivity index (χ0v) is 13.3. The summed E-state index contributed by atoms with van der Waals surface area (Å²) < 4.78 is 1.17. The minimum absolute atomic E-state index is 0.177. The Morgan fingerprint density at radius 1 is 1.41 bits per heavy atom. The lowest BCUT2D eigenvalue weighted by atomic mass is 10.1. The van der Waals surface area contributed by atoms with Crippen LogP contribution in [0.1, 0.15) is 24.2 Å². The van der Waals surface area contributed by atoms with E-state index in [4.69, 9.17) is 0 Å². The second-order valence-corrected chi connectivity index (χ2v) is 7.52. The molecular weight excluding hydrogens is 347 g/mol. The van der Waals surface area contributed by atoms with Gasteiger partial charge in [0.2, 0.25) is 0 Å². The Labute approximate surface area is 120 Å². The lowest BCUT2D eigenvalue weighted by Crippen LogP contribution is -2.56. The summed E-state index contributed by atoms with van der Waals surface area (Å²) in [4.78, 5) is 16.6. The largest absolute Gasteiger partial charge is 0.336 e. The fraction of sp³-hybridized carbons (Fsp3) is 0.583. The predicted molar refractivity (Wildman–Crippen MR) is 79.6 cm³/mol. The smallest absolute Gasteiger partial charge is 0.254 e. The van der Waals surface area contributed by atoms with Gasteiger partial charge in [0.25, 0.3) is 5.91 Å². The van der Waals surface area contributed by atoms with Crippen molar-refractivity contribution in [1.82, 2.24) is 9.80 Å². The molecule has 2 heterocycles. The van der Waals surface area contributed by atoms with Gasteiger partial charge in [-0.15, -0.1) is 11.3 Å². The first kappa shape index (κ1) is 13.3. The van der Waals surface area contributed by atoms with E-state index in [2.05, 4.69) is 48.4 Å². The molecule has 17 heavy (non-hydrogen) atoms. The van der Waals surface area contributed by atoms with E-state index < -0.39 is 0 Å². The standard InChI is InChI=1S/C12H17IN2OS/c1-8-5-15(6-9(2)14(8)3)12(16)10-4-11(13)17-7-10/h4,7-9H,5-6H2,1-3H3. The molecular formula is C12H17IN2OS. The average molecular weight is 364 g/mol. The first-order valence-corrected chi connectivity index (χ1v) is 7.70. The minimum atomic E-state index is 0.177. The van der Waals surface area contributed by atoms with Crippen LogP contribution in [-0.2, 0) is 0 Å². The molecule has 0 spiro atoms. The van der Waals surface area contributed by atoms with Crippen LogP contribution in [0.25, 0.3) is 0 Å². The fourth-order valence-corrected chi connectivity index (χ4v) is 3.50. The van der Waals surface area contributed by atoms with Gasteiger partial charge < -0.3 is 4.90 Å². The van der Waals surface area contributed by atoms with Crippen molar-refractivity contribution < 1.29 is 4.79 Å². The maximum Gasteiger partial charge on any atom is 0.254 e. The van der Waals surface area contributed by atoms with Crippen molar-refractivity contribution in [2.24, 2.45) is 0 Å². The van der Waals surface area contributed by atoms with E-state index in [-0.39, 0.29) is 5.91 Å². The van der Waals surface area contributed by atoms with Gasteiger partial charge in [0.05, 0.1) is 8.45 Å². The Bertz CT molecular complexity index is 408. The molecule has 0 radical (unpaired) electrons. The fourth-order valence-electron chi connectivity index (χ4n) is 2.18. The molecule has 2 atom stereocenters. The van der Waals surface area contributed by atoms with Gasteiger partial charge in [-0.05, 0) is 49.6 Å². The molecule has 1 aromatic rings. The molecule has 94 valence electrons. The molecule has 0 bridgehead atoms. The summed E-state index contributed by atoms with van der Waals surface area (Å²) in [6.45, 7) is 6.00. The van der Waals surface area contributed by atoms with Gasteiger partial charge in [0, 0.05) is 30.6 Å². The van der Waals surface area contributed by atoms with Crippen molar-refractivity contribution in [3.05, 3.63) is 19.9 Å². The third-order valence-electron chi connectivity index (χ3n) is 3.46. The van der Waals surface area contributed by atoms with Crippen LogP contribution in [-0.4, -0.2) is 47.9 Å². The highest BCUT2D eigenvalue weighted by molar-refractivity contribution is 14.1. The van der Waals surface area contributed by atoms with Crippen molar-refractivity contribution in [3.8, 4) is 0 Å². The molecule has 1 aromatic heterocycles. The number of hydrogen-bond acceptors (Lipinski definition) is 3. The summed E-state index contributed by atoms with van der Waals surface area (Å²) in [6, 6.07) is 2.84. The molecule has 0 N–H and O–H groups in total. The highest BCUT2D eigenvalue weighted by Crippen LogP contribution is 2.20. The first-order valence-electron chi connectivity index (χ1n) is 5.74. The van der Waals surface area contributed by atoms with Gasteiger partial charge in [-0.1, -0.05) is 0 Å². The number of thiophene rings is 1. The van der Waals surface area contributed by atoms with E-state index in [1.807, 2.05) is 16.3 Å². The van der Waals surface area contributed by atoms with Crippen LogP contribution in [0.2, 0.25) is 0 Å². The maximum atomic E-state index is 12.3. The highest BCUT2D eigenvalue weighted by Gasteiger charge is 2.29. The van der Waals surface area contributed by atoms with Gasteiger partial charge >= 0.3 is 0 Å². The Balaban J connectivity index is 2.11. The van der Waals surface area contributed by atoms with E-state index in [1.165, 1.54) is 2.88 Å². The normalized spacial score (nSPS) is 26.2. The third-order valence-corrected chi connectivity index (χ3v) is 5.25. The minimum Gasteiger partial charge on any atom is -0.336 e. The second kappa shape index (κ2) is 5.24. The van der Waals surface area contributed by atoms with Crippen molar-refractivity contribution in [3.63, 3.8) is 0 Å². The van der Waals surface area contributed by atoms with Gasteiger partial charge in [0.15, 0.2) is 0 Å². The van der Waals surface area contributed by atoms with Crippen LogP contribution in [0.3, 0.4) is 0 Å². The van der Waals surface area contributed by atoms with Gasteiger partial charge in [-0.25, -0.2) is 0 Å². The number of carbonyl (C=O) groups excluding carboxylic acids is 1. The summed E-state index contributed by atoms with van der Waals surface area (Å²) >= 11 is 3.88. The van der Waals surface area contributed by atoms with E-state index in [9.17, 15) is 4.79 Å². The first-order chi connectivity index (χ1) is 7.99. The predicted octanol–water partition coefficient (Wildman–Crippen LogP) is 2.52. The van der Waals surface area contributed by atoms with E-state index >= 15 is 0 Å². The maximum absolute atomic E-state index is 12.3. The molecule has 3 nitrogen and oxygen atoms in total. The second-order valence-electron chi connectivity index (χ2n) is 4.71. The van der Waals surface area contributed by atoms with Gasteiger partial charge in [0.1, 0.15) is 0 Å². The van der Waals surface area contributed by atoms with Crippen LogP contribution >= 0.6 is 33.9 Å². The summed E-state index contributed by atoms with van der Waals surface area (Å²) in [6.07, 6.45) is 0. The summed E-state index contributed by atoms with van der Waals surface area (Å²) in [7, 11) is 2.13. The molecule has 5 heteroatoms. The number of likely N-dealkylation sites (N-methyl/N-ethyl adjacent to an activating group) is 1. The summed E-state index contributed by atoms with van der Waals surface area (Å²) in [5.74, 6) is 0.177.